The normalized spacial score (nSPS) is 19.8. The van der Waals surface area contributed by atoms with Crippen LogP contribution in [0.5, 0.6) is 0 Å². The average molecular weight is 375 g/mol. The topological polar surface area (TPSA) is 93.7 Å². The van der Waals surface area contributed by atoms with Crippen LogP contribution in [0.25, 0.3) is 0 Å². The minimum absolute atomic E-state index is 0. The monoisotopic (exact) mass is 374 g/mol. The van der Waals surface area contributed by atoms with Crippen LogP contribution in [0.15, 0.2) is 0 Å². The van der Waals surface area contributed by atoms with Gasteiger partial charge in [-0.25, -0.2) is 0 Å². The maximum atomic E-state index is 12.2. The number of carbonyl (C=O) groups is 3. The number of hydrogen-bond donors (Lipinski definition) is 2. The molecule has 0 bridgehead atoms. The van der Waals surface area contributed by atoms with Crippen molar-refractivity contribution in [3.05, 3.63) is 0 Å². The van der Waals surface area contributed by atoms with Crippen LogP contribution >= 0.6 is 0 Å². The van der Waals surface area contributed by atoms with Crippen LogP contribution in [0.3, 0.4) is 0 Å². The molecule has 0 aliphatic heterocycles. The Hall–Kier alpha value is -1.47. The molecule has 1 rings (SSSR count). The third-order valence-corrected chi connectivity index (χ3v) is 4.61. The minimum Gasteiger partial charge on any atom is -0.381 e. The maximum absolute atomic E-state index is 12.2. The standard InChI is InChI=1S/C19H34N2O5.2H2/c1-3-17(22)9-12-26-14-11-20-19(24)15-5-7-16(8-6-15)21-18(23)10-13-25-4-2;;/h15-16H,3-14H2,1-2H3,(H,20,24)(H,21,23);2*1H. The lowest BCUT2D eigenvalue weighted by Gasteiger charge is -2.28. The summed E-state index contributed by atoms with van der Waals surface area (Å²) >= 11 is 0. The molecule has 154 valence electrons. The van der Waals surface area contributed by atoms with Crippen molar-refractivity contribution >= 4 is 17.6 Å². The van der Waals surface area contributed by atoms with E-state index in [0.717, 1.165) is 25.7 Å². The number of nitrogens with one attached hydrogen (secondary N) is 2. The van der Waals surface area contributed by atoms with Crippen LogP contribution in [0.2, 0.25) is 0 Å². The Morgan fingerprint density at radius 1 is 0.962 bits per heavy atom. The number of amides is 2. The Balaban J connectivity index is 0. The van der Waals surface area contributed by atoms with Crippen LogP contribution in [-0.4, -0.2) is 56.6 Å². The van der Waals surface area contributed by atoms with Gasteiger partial charge in [-0.15, -0.1) is 0 Å². The average Bonchev–Trinajstić information content (AvgIpc) is 2.64. The predicted octanol–water partition coefficient (Wildman–Crippen LogP) is 2.08. The van der Waals surface area contributed by atoms with Crippen molar-refractivity contribution in [3.8, 4) is 0 Å². The second-order valence-corrected chi connectivity index (χ2v) is 6.61. The largest absolute Gasteiger partial charge is 0.381 e. The summed E-state index contributed by atoms with van der Waals surface area (Å²) in [6.07, 6.45) is 4.59. The van der Waals surface area contributed by atoms with Crippen molar-refractivity contribution < 1.29 is 26.7 Å². The highest BCUT2D eigenvalue weighted by Crippen LogP contribution is 2.24. The summed E-state index contributed by atoms with van der Waals surface area (Å²) in [7, 11) is 0. The molecule has 0 heterocycles. The molecule has 1 saturated carbocycles. The second-order valence-electron chi connectivity index (χ2n) is 6.61. The van der Waals surface area contributed by atoms with E-state index in [1.807, 2.05) is 13.8 Å². The summed E-state index contributed by atoms with van der Waals surface area (Å²) in [5.41, 5.74) is 0. The Bertz CT molecular complexity index is 444. The first-order valence-corrected chi connectivity index (χ1v) is 9.81. The van der Waals surface area contributed by atoms with E-state index in [9.17, 15) is 14.4 Å². The van der Waals surface area contributed by atoms with E-state index >= 15 is 0 Å². The van der Waals surface area contributed by atoms with Crippen LogP contribution in [0.4, 0.5) is 0 Å². The summed E-state index contributed by atoms with van der Waals surface area (Å²) in [4.78, 5) is 35.1. The molecule has 0 aromatic heterocycles. The van der Waals surface area contributed by atoms with Crippen molar-refractivity contribution in [2.24, 2.45) is 5.92 Å². The number of ether oxygens (including phenoxy) is 2. The van der Waals surface area contributed by atoms with Crippen molar-refractivity contribution in [2.45, 2.75) is 64.8 Å². The van der Waals surface area contributed by atoms with E-state index in [0.29, 0.717) is 52.2 Å². The van der Waals surface area contributed by atoms with Gasteiger partial charge >= 0.3 is 0 Å². The van der Waals surface area contributed by atoms with Crippen LogP contribution in [0, 0.1) is 5.92 Å². The van der Waals surface area contributed by atoms with E-state index in [1.165, 1.54) is 0 Å². The van der Waals surface area contributed by atoms with Crippen molar-refractivity contribution in [1.82, 2.24) is 10.6 Å². The molecule has 0 aromatic carbocycles. The van der Waals surface area contributed by atoms with Gasteiger partial charge in [-0.05, 0) is 32.6 Å². The van der Waals surface area contributed by atoms with Gasteiger partial charge in [0, 0.05) is 47.2 Å². The van der Waals surface area contributed by atoms with Crippen LogP contribution in [0.1, 0.15) is 61.6 Å². The number of carbonyl (C=O) groups excluding carboxylic acids is 3. The lowest BCUT2D eigenvalue weighted by atomic mass is 9.85. The summed E-state index contributed by atoms with van der Waals surface area (Å²) in [6.45, 7) is 6.12. The van der Waals surface area contributed by atoms with E-state index in [-0.39, 0.29) is 32.4 Å². The highest BCUT2D eigenvalue weighted by atomic mass is 16.5. The van der Waals surface area contributed by atoms with Crippen molar-refractivity contribution in [1.29, 1.82) is 0 Å². The molecule has 26 heavy (non-hydrogen) atoms. The maximum Gasteiger partial charge on any atom is 0.223 e. The van der Waals surface area contributed by atoms with Gasteiger partial charge in [-0.1, -0.05) is 6.92 Å². The fourth-order valence-electron chi connectivity index (χ4n) is 2.96. The second kappa shape index (κ2) is 13.7. The zero-order valence-corrected chi connectivity index (χ0v) is 16.2. The quantitative estimate of drug-likeness (QED) is 0.482. The smallest absolute Gasteiger partial charge is 0.223 e. The Morgan fingerprint density at radius 3 is 2.31 bits per heavy atom. The summed E-state index contributed by atoms with van der Waals surface area (Å²) in [6, 6.07) is 0.160. The summed E-state index contributed by atoms with van der Waals surface area (Å²) in [5.74, 6) is 0.272. The van der Waals surface area contributed by atoms with Crippen molar-refractivity contribution in [3.63, 3.8) is 0 Å². The lowest BCUT2D eigenvalue weighted by molar-refractivity contribution is -0.126. The van der Waals surface area contributed by atoms with E-state index < -0.39 is 0 Å². The molecule has 0 spiro atoms. The first-order valence-electron chi connectivity index (χ1n) is 9.81. The zero-order valence-electron chi connectivity index (χ0n) is 16.2. The molecule has 1 aliphatic carbocycles. The lowest BCUT2D eigenvalue weighted by Crippen LogP contribution is -2.41. The Kier molecular flexibility index (Phi) is 11.9. The number of Topliss-reactive ketones (excluding diaryl/α,β-unsaturated/α-hetero) is 1. The molecule has 0 radical (unpaired) electrons. The van der Waals surface area contributed by atoms with Gasteiger partial charge in [-0.2, -0.15) is 0 Å². The number of rotatable bonds is 13. The van der Waals surface area contributed by atoms with E-state index in [4.69, 9.17) is 9.47 Å². The molecule has 7 heteroatoms. The summed E-state index contributed by atoms with van der Waals surface area (Å²) in [5, 5.41) is 5.91. The van der Waals surface area contributed by atoms with Gasteiger partial charge in [0.25, 0.3) is 0 Å². The molecule has 2 amide bonds. The van der Waals surface area contributed by atoms with E-state index in [2.05, 4.69) is 10.6 Å². The van der Waals surface area contributed by atoms with Gasteiger partial charge in [0.15, 0.2) is 0 Å². The van der Waals surface area contributed by atoms with Gasteiger partial charge in [0.1, 0.15) is 5.78 Å². The first kappa shape index (κ1) is 22.6. The molecule has 0 unspecified atom stereocenters. The van der Waals surface area contributed by atoms with Crippen LogP contribution in [-0.2, 0) is 23.9 Å². The molecular weight excluding hydrogens is 336 g/mol. The molecule has 1 fully saturated rings. The summed E-state index contributed by atoms with van der Waals surface area (Å²) < 4.78 is 10.5. The SMILES string of the molecule is CCOCCC(=O)NC1CCC(C(=O)NCCOCCC(=O)CC)CC1.[HH].[HH]. The highest BCUT2D eigenvalue weighted by molar-refractivity contribution is 5.79. The first-order chi connectivity index (χ1) is 12.6. The van der Waals surface area contributed by atoms with Gasteiger partial charge in [0.05, 0.1) is 19.8 Å². The van der Waals surface area contributed by atoms with E-state index in [1.54, 1.807) is 0 Å². The molecule has 7 nitrogen and oxygen atoms in total. The molecule has 1 aliphatic rings. The minimum atomic E-state index is 0. The molecular formula is C19H38N2O5. The third-order valence-electron chi connectivity index (χ3n) is 4.61. The zero-order chi connectivity index (χ0) is 19.2. The Labute approximate surface area is 159 Å². The fraction of sp³-hybridized carbons (Fsp3) is 0.842. The Morgan fingerprint density at radius 2 is 1.65 bits per heavy atom. The third kappa shape index (κ3) is 9.87. The number of hydrogen-bond acceptors (Lipinski definition) is 5. The molecule has 0 aromatic rings. The molecule has 2 N–H and O–H groups in total. The molecule has 0 saturated heterocycles. The van der Waals surface area contributed by atoms with Crippen molar-refractivity contribution in [2.75, 3.05) is 33.0 Å². The van der Waals surface area contributed by atoms with Gasteiger partial charge in [0.2, 0.25) is 11.8 Å². The fourth-order valence-corrected chi connectivity index (χ4v) is 2.96. The molecule has 0 atom stereocenters. The number of ketones is 1. The predicted molar refractivity (Wildman–Crippen MR) is 103 cm³/mol. The highest BCUT2D eigenvalue weighted by Gasteiger charge is 2.26. The van der Waals surface area contributed by atoms with Crippen LogP contribution < -0.4 is 10.6 Å². The van der Waals surface area contributed by atoms with Gasteiger partial charge in [-0.3, -0.25) is 14.4 Å². The van der Waals surface area contributed by atoms with Gasteiger partial charge < -0.3 is 20.1 Å².